The first-order chi connectivity index (χ1) is 9.52. The van der Waals surface area contributed by atoms with Crippen molar-refractivity contribution in [1.29, 1.82) is 0 Å². The summed E-state index contributed by atoms with van der Waals surface area (Å²) in [5.74, 6) is 1.51. The van der Waals surface area contributed by atoms with E-state index in [2.05, 4.69) is 15.3 Å². The van der Waals surface area contributed by atoms with Crippen LogP contribution < -0.4 is 11.1 Å². The molecule has 3 aromatic rings. The van der Waals surface area contributed by atoms with E-state index in [0.717, 1.165) is 32.4 Å². The Kier molecular flexibility index (Phi) is 3.10. The number of hydrogen-bond acceptors (Lipinski definition) is 6. The van der Waals surface area contributed by atoms with Crippen molar-refractivity contribution in [2.45, 2.75) is 27.3 Å². The maximum atomic E-state index is 6.06. The fraction of sp³-hybridized carbons (Fsp3) is 0.286. The fourth-order valence-corrected chi connectivity index (χ4v) is 2.90. The molecular formula is C14H16N4OS. The third kappa shape index (κ3) is 2.34. The second-order valence-electron chi connectivity index (χ2n) is 4.74. The third-order valence-corrected chi connectivity index (χ3v) is 4.10. The Labute approximate surface area is 120 Å². The smallest absolute Gasteiger partial charge is 0.213 e. The largest absolute Gasteiger partial charge is 0.444 e. The lowest BCUT2D eigenvalue weighted by atomic mass is 10.2. The van der Waals surface area contributed by atoms with Gasteiger partial charge < -0.3 is 15.5 Å². The number of aryl methyl sites for hydroxylation is 3. The Hall–Kier alpha value is -2.08. The molecule has 0 spiro atoms. The molecule has 0 aliphatic carbocycles. The van der Waals surface area contributed by atoms with E-state index in [4.69, 9.17) is 10.2 Å². The van der Waals surface area contributed by atoms with E-state index in [1.54, 1.807) is 11.3 Å². The molecule has 0 bridgehead atoms. The second-order valence-corrected chi connectivity index (χ2v) is 5.98. The highest BCUT2D eigenvalue weighted by atomic mass is 32.1. The predicted octanol–water partition coefficient (Wildman–Crippen LogP) is 3.40. The van der Waals surface area contributed by atoms with E-state index in [9.17, 15) is 0 Å². The standard InChI is InChI=1S/C14H16N4OS/c1-7-8(2)19-14(17-7)6-16-11-5-12-13(4-10(11)15)20-9(3)18-12/h4-5,16H,6,15H2,1-3H3. The number of nitrogens with zero attached hydrogens (tertiary/aromatic N) is 2. The van der Waals surface area contributed by atoms with Gasteiger partial charge in [-0.2, -0.15) is 0 Å². The normalized spacial score (nSPS) is 11.2. The first-order valence-electron chi connectivity index (χ1n) is 6.36. The minimum absolute atomic E-state index is 0.507. The summed E-state index contributed by atoms with van der Waals surface area (Å²) in [7, 11) is 0. The molecule has 6 heteroatoms. The molecule has 0 atom stereocenters. The molecule has 0 aliphatic heterocycles. The molecule has 0 radical (unpaired) electrons. The van der Waals surface area contributed by atoms with Crippen molar-refractivity contribution in [2.75, 3.05) is 11.1 Å². The quantitative estimate of drug-likeness (QED) is 0.722. The lowest BCUT2D eigenvalue weighted by Crippen LogP contribution is -2.02. The van der Waals surface area contributed by atoms with E-state index in [-0.39, 0.29) is 0 Å². The monoisotopic (exact) mass is 288 g/mol. The average molecular weight is 288 g/mol. The number of anilines is 2. The number of benzene rings is 1. The van der Waals surface area contributed by atoms with Crippen LogP contribution in [-0.4, -0.2) is 9.97 Å². The molecule has 0 unspecified atom stereocenters. The number of hydrogen-bond donors (Lipinski definition) is 2. The lowest BCUT2D eigenvalue weighted by Gasteiger charge is -2.07. The molecule has 0 saturated heterocycles. The van der Waals surface area contributed by atoms with Gasteiger partial charge >= 0.3 is 0 Å². The van der Waals surface area contributed by atoms with Crippen LogP contribution in [0.4, 0.5) is 11.4 Å². The molecule has 1 aromatic carbocycles. The van der Waals surface area contributed by atoms with Crippen molar-refractivity contribution in [3.63, 3.8) is 0 Å². The minimum atomic E-state index is 0.507. The van der Waals surface area contributed by atoms with Crippen molar-refractivity contribution in [1.82, 2.24) is 9.97 Å². The molecule has 2 heterocycles. The molecule has 5 nitrogen and oxygen atoms in total. The SMILES string of the molecule is Cc1nc2cc(NCc3nc(C)c(C)o3)c(N)cc2s1. The van der Waals surface area contributed by atoms with Crippen LogP contribution in [0.1, 0.15) is 22.4 Å². The van der Waals surface area contributed by atoms with Crippen molar-refractivity contribution < 1.29 is 4.42 Å². The van der Waals surface area contributed by atoms with Gasteiger partial charge in [0.2, 0.25) is 5.89 Å². The van der Waals surface area contributed by atoms with E-state index in [0.29, 0.717) is 18.1 Å². The Morgan fingerprint density at radius 3 is 2.75 bits per heavy atom. The van der Waals surface area contributed by atoms with Gasteiger partial charge in [-0.1, -0.05) is 0 Å². The van der Waals surface area contributed by atoms with E-state index in [1.807, 2.05) is 32.9 Å². The molecule has 2 aromatic heterocycles. The van der Waals surface area contributed by atoms with Crippen molar-refractivity contribution >= 4 is 32.9 Å². The van der Waals surface area contributed by atoms with Crippen LogP contribution in [0.15, 0.2) is 16.5 Å². The number of thiazole rings is 1. The van der Waals surface area contributed by atoms with Gasteiger partial charge in [-0.3, -0.25) is 0 Å². The number of fused-ring (bicyclic) bond motifs is 1. The zero-order chi connectivity index (χ0) is 14.3. The van der Waals surface area contributed by atoms with Gasteiger partial charge in [-0.25, -0.2) is 9.97 Å². The van der Waals surface area contributed by atoms with Crippen molar-refractivity contribution in [2.24, 2.45) is 0 Å². The molecule has 3 N–H and O–H groups in total. The molecule has 0 amide bonds. The maximum Gasteiger partial charge on any atom is 0.213 e. The predicted molar refractivity (Wildman–Crippen MR) is 82.1 cm³/mol. The highest BCUT2D eigenvalue weighted by Gasteiger charge is 2.09. The Balaban J connectivity index is 1.84. The molecular weight excluding hydrogens is 272 g/mol. The van der Waals surface area contributed by atoms with Crippen LogP contribution in [0.2, 0.25) is 0 Å². The van der Waals surface area contributed by atoms with Crippen molar-refractivity contribution in [3.05, 3.63) is 34.5 Å². The van der Waals surface area contributed by atoms with Gasteiger partial charge in [0.1, 0.15) is 5.76 Å². The Morgan fingerprint density at radius 2 is 2.05 bits per heavy atom. The zero-order valence-corrected chi connectivity index (χ0v) is 12.5. The highest BCUT2D eigenvalue weighted by Crippen LogP contribution is 2.30. The Bertz CT molecular complexity index is 755. The Morgan fingerprint density at radius 1 is 1.25 bits per heavy atom. The van der Waals surface area contributed by atoms with Gasteiger partial charge in [0.15, 0.2) is 0 Å². The molecule has 0 saturated carbocycles. The molecule has 0 fully saturated rings. The van der Waals surface area contributed by atoms with Gasteiger partial charge in [0.05, 0.1) is 38.8 Å². The van der Waals surface area contributed by atoms with E-state index in [1.165, 1.54) is 0 Å². The van der Waals surface area contributed by atoms with E-state index >= 15 is 0 Å². The number of aromatic nitrogens is 2. The zero-order valence-electron chi connectivity index (χ0n) is 11.7. The van der Waals surface area contributed by atoms with Crippen LogP contribution in [0.5, 0.6) is 0 Å². The number of rotatable bonds is 3. The third-order valence-electron chi connectivity index (χ3n) is 3.17. The lowest BCUT2D eigenvalue weighted by molar-refractivity contribution is 0.478. The van der Waals surface area contributed by atoms with Crippen LogP contribution >= 0.6 is 11.3 Å². The first kappa shape index (κ1) is 12.9. The summed E-state index contributed by atoms with van der Waals surface area (Å²) in [6.45, 7) is 6.34. The first-order valence-corrected chi connectivity index (χ1v) is 7.18. The summed E-state index contributed by atoms with van der Waals surface area (Å²) in [5.41, 5.74) is 9.51. The van der Waals surface area contributed by atoms with Crippen LogP contribution in [-0.2, 0) is 6.54 Å². The van der Waals surface area contributed by atoms with Gasteiger partial charge in [0.25, 0.3) is 0 Å². The summed E-state index contributed by atoms with van der Waals surface area (Å²) < 4.78 is 6.64. The number of nitrogens with one attached hydrogen (secondary N) is 1. The highest BCUT2D eigenvalue weighted by molar-refractivity contribution is 7.18. The summed E-state index contributed by atoms with van der Waals surface area (Å²) in [6.07, 6.45) is 0. The summed E-state index contributed by atoms with van der Waals surface area (Å²) in [5, 5.41) is 4.29. The minimum Gasteiger partial charge on any atom is -0.444 e. The maximum absolute atomic E-state index is 6.06. The molecule has 3 rings (SSSR count). The number of nitrogen functional groups attached to an aromatic ring is 1. The topological polar surface area (TPSA) is 77.0 Å². The average Bonchev–Trinajstić information content (AvgIpc) is 2.89. The van der Waals surface area contributed by atoms with Crippen molar-refractivity contribution in [3.8, 4) is 0 Å². The van der Waals surface area contributed by atoms with Gasteiger partial charge in [-0.15, -0.1) is 11.3 Å². The molecule has 20 heavy (non-hydrogen) atoms. The van der Waals surface area contributed by atoms with Gasteiger partial charge in [0, 0.05) is 0 Å². The number of nitrogens with two attached hydrogens (primary N) is 1. The molecule has 104 valence electrons. The second kappa shape index (κ2) is 4.79. The van der Waals surface area contributed by atoms with Crippen LogP contribution in [0.3, 0.4) is 0 Å². The fourth-order valence-electron chi connectivity index (χ4n) is 2.04. The molecule has 0 aliphatic rings. The van der Waals surface area contributed by atoms with Crippen LogP contribution in [0, 0.1) is 20.8 Å². The summed E-state index contributed by atoms with van der Waals surface area (Å²) >= 11 is 1.65. The number of oxazole rings is 1. The summed E-state index contributed by atoms with van der Waals surface area (Å²) in [6, 6.07) is 3.92. The van der Waals surface area contributed by atoms with E-state index < -0.39 is 0 Å². The van der Waals surface area contributed by atoms with Gasteiger partial charge in [-0.05, 0) is 32.9 Å². The summed E-state index contributed by atoms with van der Waals surface area (Å²) in [4.78, 5) is 8.81. The van der Waals surface area contributed by atoms with Crippen LogP contribution in [0.25, 0.3) is 10.2 Å².